The molecule has 2 aromatic carbocycles. The number of hydrogen-bond acceptors (Lipinski definition) is 2. The Labute approximate surface area is 132 Å². The predicted octanol–water partition coefficient (Wildman–Crippen LogP) is 4.17. The van der Waals surface area contributed by atoms with E-state index in [0.29, 0.717) is 10.6 Å². The highest BCUT2D eigenvalue weighted by Gasteiger charge is 2.23. The molecule has 0 heterocycles. The van der Waals surface area contributed by atoms with Crippen LogP contribution in [0.25, 0.3) is 0 Å². The van der Waals surface area contributed by atoms with Gasteiger partial charge in [0.05, 0.1) is 0 Å². The molecule has 1 N–H and O–H groups in total. The normalized spacial score (nSPS) is 13.1. The van der Waals surface area contributed by atoms with E-state index >= 15 is 0 Å². The molecule has 0 aromatic heterocycles. The topological polar surface area (TPSA) is 46.2 Å². The van der Waals surface area contributed by atoms with Crippen molar-refractivity contribution in [1.82, 2.24) is 4.72 Å². The molecule has 0 unspecified atom stereocenters. The van der Waals surface area contributed by atoms with Crippen LogP contribution in [-0.4, -0.2) is 8.42 Å². The van der Waals surface area contributed by atoms with Crippen LogP contribution in [0.15, 0.2) is 47.4 Å². The second kappa shape index (κ2) is 6.32. The van der Waals surface area contributed by atoms with Crippen molar-refractivity contribution in [2.75, 3.05) is 0 Å². The molecule has 0 bridgehead atoms. The van der Waals surface area contributed by atoms with Gasteiger partial charge in [0.15, 0.2) is 0 Å². The van der Waals surface area contributed by atoms with E-state index < -0.39 is 26.8 Å². The highest BCUT2D eigenvalue weighted by molar-refractivity contribution is 7.89. The second-order valence-electron chi connectivity index (χ2n) is 4.44. The Kier molecular flexibility index (Phi) is 4.88. The molecule has 0 saturated carbocycles. The Bertz CT molecular complexity index is 765. The summed E-state index contributed by atoms with van der Waals surface area (Å²) in [7, 11) is -4.01. The minimum atomic E-state index is -4.01. The van der Waals surface area contributed by atoms with Gasteiger partial charge in [0, 0.05) is 16.1 Å². The minimum absolute atomic E-state index is 0.130. The average Bonchev–Trinajstić information content (AvgIpc) is 2.37. The molecule has 0 saturated heterocycles. The summed E-state index contributed by atoms with van der Waals surface area (Å²) in [6.45, 7) is 1.63. The van der Waals surface area contributed by atoms with Gasteiger partial charge < -0.3 is 0 Å². The van der Waals surface area contributed by atoms with Gasteiger partial charge in [0.1, 0.15) is 10.7 Å². The summed E-state index contributed by atoms with van der Waals surface area (Å²) in [5.41, 5.74) is 0.608. The van der Waals surface area contributed by atoms with Crippen molar-refractivity contribution in [2.45, 2.75) is 17.9 Å². The zero-order valence-electron chi connectivity index (χ0n) is 11.0. The summed E-state index contributed by atoms with van der Waals surface area (Å²) < 4.78 is 40.6. The summed E-state index contributed by atoms with van der Waals surface area (Å²) >= 11 is 11.6. The van der Waals surface area contributed by atoms with E-state index in [1.54, 1.807) is 31.2 Å². The zero-order chi connectivity index (χ0) is 15.6. The minimum Gasteiger partial charge on any atom is -0.207 e. The molecular weight excluding hydrogens is 336 g/mol. The Morgan fingerprint density at radius 1 is 1.14 bits per heavy atom. The summed E-state index contributed by atoms with van der Waals surface area (Å²) in [5, 5.41) is 0.565. The molecule has 0 radical (unpaired) electrons. The van der Waals surface area contributed by atoms with E-state index in [-0.39, 0.29) is 5.02 Å². The smallest absolute Gasteiger partial charge is 0.207 e. The highest BCUT2D eigenvalue weighted by Crippen LogP contribution is 2.25. The molecule has 0 fully saturated rings. The molecule has 0 spiro atoms. The van der Waals surface area contributed by atoms with E-state index in [9.17, 15) is 12.8 Å². The third-order valence-corrected chi connectivity index (χ3v) is 5.04. The quantitative estimate of drug-likeness (QED) is 0.901. The molecule has 1 atom stereocenters. The van der Waals surface area contributed by atoms with Gasteiger partial charge in [-0.1, -0.05) is 41.4 Å². The Morgan fingerprint density at radius 3 is 2.43 bits per heavy atom. The van der Waals surface area contributed by atoms with Crippen molar-refractivity contribution in [2.24, 2.45) is 0 Å². The number of hydrogen-bond donors (Lipinski definition) is 1. The van der Waals surface area contributed by atoms with Gasteiger partial charge in [-0.2, -0.15) is 0 Å². The van der Waals surface area contributed by atoms with Crippen LogP contribution in [0.1, 0.15) is 18.5 Å². The fourth-order valence-electron chi connectivity index (χ4n) is 1.88. The van der Waals surface area contributed by atoms with Gasteiger partial charge in [0.25, 0.3) is 0 Å². The van der Waals surface area contributed by atoms with Gasteiger partial charge in [-0.25, -0.2) is 17.5 Å². The van der Waals surface area contributed by atoms with Crippen LogP contribution in [-0.2, 0) is 10.0 Å². The van der Waals surface area contributed by atoms with Gasteiger partial charge in [0.2, 0.25) is 10.0 Å². The van der Waals surface area contributed by atoms with Crippen molar-refractivity contribution >= 4 is 33.2 Å². The van der Waals surface area contributed by atoms with Crippen molar-refractivity contribution < 1.29 is 12.8 Å². The fraction of sp³-hybridized carbons (Fsp3) is 0.143. The highest BCUT2D eigenvalue weighted by atomic mass is 35.5. The number of rotatable bonds is 4. The monoisotopic (exact) mass is 347 g/mol. The summed E-state index contributed by atoms with van der Waals surface area (Å²) in [4.78, 5) is -0.453. The largest absolute Gasteiger partial charge is 0.244 e. The lowest BCUT2D eigenvalue weighted by Crippen LogP contribution is -2.27. The first kappa shape index (κ1) is 16.2. The van der Waals surface area contributed by atoms with Gasteiger partial charge in [-0.3, -0.25) is 0 Å². The van der Waals surface area contributed by atoms with Gasteiger partial charge >= 0.3 is 0 Å². The molecule has 2 rings (SSSR count). The maximum absolute atomic E-state index is 13.7. The molecule has 112 valence electrons. The van der Waals surface area contributed by atoms with Crippen LogP contribution in [0.3, 0.4) is 0 Å². The number of nitrogens with one attached hydrogen (secondary N) is 1. The fourth-order valence-corrected chi connectivity index (χ4v) is 3.62. The van der Waals surface area contributed by atoms with E-state index in [2.05, 4.69) is 4.72 Å². The average molecular weight is 348 g/mol. The maximum atomic E-state index is 13.7. The maximum Gasteiger partial charge on any atom is 0.244 e. The van der Waals surface area contributed by atoms with E-state index in [1.165, 1.54) is 6.07 Å². The Hall–Kier alpha value is -1.14. The molecule has 0 aliphatic heterocycles. The van der Waals surface area contributed by atoms with Gasteiger partial charge in [-0.05, 0) is 36.8 Å². The first-order valence-corrected chi connectivity index (χ1v) is 8.27. The van der Waals surface area contributed by atoms with Crippen LogP contribution in [0, 0.1) is 5.82 Å². The van der Waals surface area contributed by atoms with Crippen molar-refractivity contribution in [3.8, 4) is 0 Å². The lowest BCUT2D eigenvalue weighted by Gasteiger charge is -2.16. The summed E-state index contributed by atoms with van der Waals surface area (Å²) in [5.74, 6) is -0.902. The van der Waals surface area contributed by atoms with E-state index in [0.717, 1.165) is 12.1 Å². The Morgan fingerprint density at radius 2 is 1.81 bits per heavy atom. The number of benzene rings is 2. The van der Waals surface area contributed by atoms with E-state index in [1.807, 2.05) is 0 Å². The second-order valence-corrected chi connectivity index (χ2v) is 6.97. The lowest BCUT2D eigenvalue weighted by atomic mass is 10.1. The first-order valence-electron chi connectivity index (χ1n) is 6.03. The van der Waals surface area contributed by atoms with Crippen molar-refractivity contribution in [3.05, 3.63) is 63.9 Å². The van der Waals surface area contributed by atoms with Gasteiger partial charge in [-0.15, -0.1) is 0 Å². The van der Waals surface area contributed by atoms with Crippen molar-refractivity contribution in [3.63, 3.8) is 0 Å². The summed E-state index contributed by atoms with van der Waals surface area (Å²) in [6, 6.07) is 9.65. The molecule has 2 aromatic rings. The molecule has 7 heteroatoms. The van der Waals surface area contributed by atoms with Crippen LogP contribution in [0.5, 0.6) is 0 Å². The molecule has 0 aliphatic carbocycles. The Balaban J connectivity index is 2.31. The molecule has 21 heavy (non-hydrogen) atoms. The zero-order valence-corrected chi connectivity index (χ0v) is 13.3. The third kappa shape index (κ3) is 3.74. The summed E-state index contributed by atoms with van der Waals surface area (Å²) in [6.07, 6.45) is 0. The van der Waals surface area contributed by atoms with E-state index in [4.69, 9.17) is 23.2 Å². The van der Waals surface area contributed by atoms with Crippen LogP contribution < -0.4 is 4.72 Å². The third-order valence-electron chi connectivity index (χ3n) is 2.89. The molecule has 0 aliphatic rings. The molecule has 3 nitrogen and oxygen atoms in total. The van der Waals surface area contributed by atoms with Crippen LogP contribution in [0.4, 0.5) is 4.39 Å². The van der Waals surface area contributed by atoms with Crippen LogP contribution >= 0.6 is 23.2 Å². The standard InChI is InChI=1S/C14H12Cl2FNO2S/c1-9(11-4-2-3-5-12(11)16)18-21(19,20)14-7-6-10(15)8-13(14)17/h2-9,18H,1H3/t9-/m1/s1. The number of halogens is 3. The predicted molar refractivity (Wildman–Crippen MR) is 81.6 cm³/mol. The lowest BCUT2D eigenvalue weighted by molar-refractivity contribution is 0.547. The van der Waals surface area contributed by atoms with Crippen molar-refractivity contribution in [1.29, 1.82) is 0 Å². The number of sulfonamides is 1. The molecule has 0 amide bonds. The first-order chi connectivity index (χ1) is 9.81. The molecular formula is C14H12Cl2FNO2S. The SMILES string of the molecule is C[C@@H](NS(=O)(=O)c1ccc(Cl)cc1F)c1ccccc1Cl. The van der Waals surface area contributed by atoms with Crippen LogP contribution in [0.2, 0.25) is 10.0 Å².